The maximum absolute atomic E-state index is 12.9. The number of amides is 2. The molecule has 10 heteroatoms. The Bertz CT molecular complexity index is 1330. The molecule has 1 saturated heterocycles. The molecule has 0 N–H and O–H groups in total. The van der Waals surface area contributed by atoms with E-state index in [4.69, 9.17) is 37.4 Å². The summed E-state index contributed by atoms with van der Waals surface area (Å²) in [6.07, 6.45) is 1.67. The molecule has 6 nitrogen and oxygen atoms in total. The maximum Gasteiger partial charge on any atom is 0.293 e. The Morgan fingerprint density at radius 1 is 0.972 bits per heavy atom. The summed E-state index contributed by atoms with van der Waals surface area (Å²) in [6.45, 7) is 0.529. The molecule has 2 amide bonds. The molecule has 0 aromatic heterocycles. The number of halogens is 3. The number of hydrogen-bond donors (Lipinski definition) is 0. The van der Waals surface area contributed by atoms with Gasteiger partial charge in [0.1, 0.15) is 19.0 Å². The summed E-state index contributed by atoms with van der Waals surface area (Å²) in [5, 5.41) is 0.737. The molecule has 3 aromatic rings. The molecule has 1 aliphatic rings. The van der Waals surface area contributed by atoms with Crippen molar-refractivity contribution in [2.24, 2.45) is 0 Å². The first kappa shape index (κ1) is 26.7. The molecule has 0 saturated carbocycles. The summed E-state index contributed by atoms with van der Waals surface area (Å²) >= 11 is 15.4. The lowest BCUT2D eigenvalue weighted by Gasteiger charge is -2.14. The molecule has 0 atom stereocenters. The highest BCUT2D eigenvalue weighted by Crippen LogP contribution is 2.38. The van der Waals surface area contributed by atoms with Crippen molar-refractivity contribution in [3.05, 3.63) is 90.3 Å². The zero-order chi connectivity index (χ0) is 25.7. The second kappa shape index (κ2) is 12.2. The molecule has 36 heavy (non-hydrogen) atoms. The highest BCUT2D eigenvalue weighted by Gasteiger charge is 2.35. The molecule has 0 unspecified atom stereocenters. The number of methoxy groups -OCH3 is 1. The molecule has 3 aromatic carbocycles. The zero-order valence-corrected chi connectivity index (χ0v) is 23.5. The first-order valence-electron chi connectivity index (χ1n) is 10.7. The number of carbonyl (C=O) groups excluding carboxylic acids is 2. The van der Waals surface area contributed by atoms with E-state index < -0.39 is 0 Å². The maximum atomic E-state index is 12.9. The van der Waals surface area contributed by atoms with E-state index in [0.29, 0.717) is 37.8 Å². The molecular formula is C26H20Cl2INO5S. The van der Waals surface area contributed by atoms with E-state index in [1.807, 2.05) is 30.3 Å². The van der Waals surface area contributed by atoms with Crippen LogP contribution in [-0.2, 0) is 11.4 Å². The number of thioether (sulfide) groups is 1. The van der Waals surface area contributed by atoms with E-state index >= 15 is 0 Å². The molecule has 0 spiro atoms. The molecule has 1 aliphatic heterocycles. The second-order valence-corrected chi connectivity index (χ2v) is 10.5. The van der Waals surface area contributed by atoms with Gasteiger partial charge in [-0.2, -0.15) is 0 Å². The van der Waals surface area contributed by atoms with E-state index in [1.165, 1.54) is 0 Å². The van der Waals surface area contributed by atoms with Crippen LogP contribution in [0.4, 0.5) is 4.79 Å². The monoisotopic (exact) mass is 655 g/mol. The van der Waals surface area contributed by atoms with Crippen molar-refractivity contribution in [1.82, 2.24) is 4.90 Å². The summed E-state index contributed by atoms with van der Waals surface area (Å²) in [7, 11) is 1.55. The van der Waals surface area contributed by atoms with Gasteiger partial charge >= 0.3 is 0 Å². The van der Waals surface area contributed by atoms with Gasteiger partial charge in [-0.15, -0.1) is 0 Å². The molecule has 0 bridgehead atoms. The van der Waals surface area contributed by atoms with Crippen LogP contribution in [0.1, 0.15) is 11.1 Å². The summed E-state index contributed by atoms with van der Waals surface area (Å²) < 4.78 is 17.9. The van der Waals surface area contributed by atoms with Crippen molar-refractivity contribution in [3.8, 4) is 17.2 Å². The van der Waals surface area contributed by atoms with Gasteiger partial charge in [0, 0.05) is 10.6 Å². The fraction of sp³-hybridized carbons (Fsp3) is 0.154. The SMILES string of the molecule is COc1cc(/C=C2\SC(=O)N(CCOc3ccccc3Cl)C2=O)cc(I)c1OCc1ccccc1Cl. The van der Waals surface area contributed by atoms with Crippen LogP contribution >= 0.6 is 57.6 Å². The van der Waals surface area contributed by atoms with Crippen molar-refractivity contribution in [2.75, 3.05) is 20.3 Å². The number of benzene rings is 3. The third kappa shape index (κ3) is 6.29. The first-order chi connectivity index (χ1) is 17.4. The van der Waals surface area contributed by atoms with Crippen LogP contribution in [0, 0.1) is 3.57 Å². The van der Waals surface area contributed by atoms with E-state index in [1.54, 1.807) is 43.5 Å². The number of ether oxygens (including phenoxy) is 3. The lowest BCUT2D eigenvalue weighted by molar-refractivity contribution is -0.123. The number of hydrogen-bond acceptors (Lipinski definition) is 6. The van der Waals surface area contributed by atoms with E-state index in [0.717, 1.165) is 25.8 Å². The average molecular weight is 656 g/mol. The van der Waals surface area contributed by atoms with Gasteiger partial charge in [-0.3, -0.25) is 14.5 Å². The highest BCUT2D eigenvalue weighted by molar-refractivity contribution is 14.1. The fourth-order valence-corrected chi connectivity index (χ4v) is 5.41. The van der Waals surface area contributed by atoms with E-state index in [2.05, 4.69) is 22.6 Å². The summed E-state index contributed by atoms with van der Waals surface area (Å²) in [5.41, 5.74) is 1.56. The molecule has 0 radical (unpaired) electrons. The van der Waals surface area contributed by atoms with Crippen LogP contribution in [0.5, 0.6) is 17.2 Å². The van der Waals surface area contributed by atoms with Crippen LogP contribution in [0.3, 0.4) is 0 Å². The molecule has 1 heterocycles. The van der Waals surface area contributed by atoms with Gasteiger partial charge in [0.2, 0.25) is 0 Å². The molecule has 1 fully saturated rings. The van der Waals surface area contributed by atoms with Crippen molar-refractivity contribution in [3.63, 3.8) is 0 Å². The van der Waals surface area contributed by atoms with E-state index in [-0.39, 0.29) is 30.9 Å². The molecule has 186 valence electrons. The van der Waals surface area contributed by atoms with Gasteiger partial charge in [-0.25, -0.2) is 0 Å². The van der Waals surface area contributed by atoms with Gasteiger partial charge in [0.15, 0.2) is 11.5 Å². The number of imide groups is 1. The summed E-state index contributed by atoms with van der Waals surface area (Å²) in [5.74, 6) is 1.20. The summed E-state index contributed by atoms with van der Waals surface area (Å²) in [6, 6.07) is 18.1. The Kier molecular flexibility index (Phi) is 9.05. The molecule has 0 aliphatic carbocycles. The number of nitrogens with zero attached hydrogens (tertiary/aromatic N) is 1. The predicted molar refractivity (Wildman–Crippen MR) is 151 cm³/mol. The van der Waals surface area contributed by atoms with Gasteiger partial charge in [0.25, 0.3) is 11.1 Å². The van der Waals surface area contributed by atoms with Crippen molar-refractivity contribution >= 4 is 74.8 Å². The number of para-hydroxylation sites is 1. The quantitative estimate of drug-likeness (QED) is 0.178. The number of rotatable bonds is 9. The highest BCUT2D eigenvalue weighted by atomic mass is 127. The normalized spacial score (nSPS) is 14.4. The van der Waals surface area contributed by atoms with Gasteiger partial charge in [0.05, 0.1) is 27.2 Å². The van der Waals surface area contributed by atoms with Crippen molar-refractivity contribution < 1.29 is 23.8 Å². The van der Waals surface area contributed by atoms with Gasteiger partial charge in [-0.05, 0) is 76.3 Å². The minimum absolute atomic E-state index is 0.114. The Morgan fingerprint density at radius 2 is 1.69 bits per heavy atom. The largest absolute Gasteiger partial charge is 0.493 e. The molecule has 4 rings (SSSR count). The Hall–Kier alpha value is -2.40. The Balaban J connectivity index is 1.45. The third-order valence-electron chi connectivity index (χ3n) is 5.16. The zero-order valence-electron chi connectivity index (χ0n) is 19.0. The number of carbonyl (C=O) groups is 2. The van der Waals surface area contributed by atoms with Crippen LogP contribution in [0.15, 0.2) is 65.6 Å². The Labute approximate surface area is 236 Å². The smallest absolute Gasteiger partial charge is 0.293 e. The lowest BCUT2D eigenvalue weighted by atomic mass is 10.1. The predicted octanol–water partition coefficient (Wildman–Crippen LogP) is 7.30. The topological polar surface area (TPSA) is 65.1 Å². The fourth-order valence-electron chi connectivity index (χ4n) is 3.38. The minimum atomic E-state index is -0.374. The van der Waals surface area contributed by atoms with Crippen LogP contribution in [-0.4, -0.2) is 36.3 Å². The van der Waals surface area contributed by atoms with E-state index in [9.17, 15) is 9.59 Å². The van der Waals surface area contributed by atoms with Crippen LogP contribution in [0.2, 0.25) is 10.0 Å². The van der Waals surface area contributed by atoms with Gasteiger partial charge < -0.3 is 14.2 Å². The average Bonchev–Trinajstić information content (AvgIpc) is 3.12. The van der Waals surface area contributed by atoms with Crippen LogP contribution in [0.25, 0.3) is 6.08 Å². The summed E-state index contributed by atoms with van der Waals surface area (Å²) in [4.78, 5) is 26.8. The molecular weight excluding hydrogens is 636 g/mol. The first-order valence-corrected chi connectivity index (χ1v) is 13.4. The van der Waals surface area contributed by atoms with Crippen LogP contribution < -0.4 is 14.2 Å². The third-order valence-corrected chi connectivity index (χ3v) is 7.55. The second-order valence-electron chi connectivity index (χ2n) is 7.53. The van der Waals surface area contributed by atoms with Crippen molar-refractivity contribution in [1.29, 1.82) is 0 Å². The Morgan fingerprint density at radius 3 is 2.42 bits per heavy atom. The van der Waals surface area contributed by atoms with Crippen molar-refractivity contribution in [2.45, 2.75) is 6.61 Å². The minimum Gasteiger partial charge on any atom is -0.493 e. The van der Waals surface area contributed by atoms with Gasteiger partial charge in [-0.1, -0.05) is 53.5 Å². The lowest BCUT2D eigenvalue weighted by Crippen LogP contribution is -2.32. The standard InChI is InChI=1S/C26H20Cl2INO5S/c1-33-22-13-16(12-20(29)24(22)35-15-17-6-2-3-7-18(17)27)14-23-25(31)30(26(32)36-23)10-11-34-21-9-5-4-8-19(21)28/h2-9,12-14H,10-11,15H2,1H3/b23-14-.